The van der Waals surface area contributed by atoms with Crippen molar-refractivity contribution in [3.05, 3.63) is 140 Å². The lowest BCUT2D eigenvalue weighted by molar-refractivity contribution is 0.667. The Kier molecular flexibility index (Phi) is 5.12. The standard InChI is InChI=1S/C40H23N3OS/c1-2-11-24(12-3-1)36-38-37(30-17-5-8-19-33(30)44-38)42-40(41-36)25-13-10-14-26(23-25)43-31-18-7-4-16-29(31)35-32(43)22-21-28-27-15-6-9-20-34(27)45-39(28)35/h1-23H. The average Bonchev–Trinajstić information content (AvgIpc) is 3.78. The minimum absolute atomic E-state index is 0.669. The molecule has 10 aromatic rings. The van der Waals surface area contributed by atoms with Crippen LogP contribution in [0.4, 0.5) is 0 Å². The zero-order valence-corrected chi connectivity index (χ0v) is 24.8. The molecule has 0 saturated carbocycles. The van der Waals surface area contributed by atoms with Crippen molar-refractivity contribution in [3.8, 4) is 28.3 Å². The Morgan fingerprint density at radius 1 is 0.556 bits per heavy atom. The number of para-hydroxylation sites is 2. The molecular weight excluding hydrogens is 571 g/mol. The minimum Gasteiger partial charge on any atom is -0.452 e. The summed E-state index contributed by atoms with van der Waals surface area (Å²) >= 11 is 1.87. The maximum atomic E-state index is 6.34. The molecule has 45 heavy (non-hydrogen) atoms. The number of thiophene rings is 1. The monoisotopic (exact) mass is 593 g/mol. The van der Waals surface area contributed by atoms with Gasteiger partial charge >= 0.3 is 0 Å². The summed E-state index contributed by atoms with van der Waals surface area (Å²) < 4.78 is 11.4. The molecule has 4 heterocycles. The van der Waals surface area contributed by atoms with Gasteiger partial charge in [0.15, 0.2) is 11.4 Å². The lowest BCUT2D eigenvalue weighted by atomic mass is 10.1. The number of fused-ring (bicyclic) bond motifs is 10. The van der Waals surface area contributed by atoms with Gasteiger partial charge in [0, 0.05) is 53.1 Å². The summed E-state index contributed by atoms with van der Waals surface area (Å²) in [6.07, 6.45) is 0. The van der Waals surface area contributed by atoms with E-state index in [0.29, 0.717) is 11.4 Å². The van der Waals surface area contributed by atoms with Crippen LogP contribution >= 0.6 is 11.3 Å². The van der Waals surface area contributed by atoms with Crippen molar-refractivity contribution >= 4 is 75.4 Å². The second-order valence-electron chi connectivity index (χ2n) is 11.4. The molecule has 4 aromatic heterocycles. The predicted octanol–water partition coefficient (Wildman–Crippen LogP) is 11.2. The summed E-state index contributed by atoms with van der Waals surface area (Å²) in [6, 6.07) is 48.8. The van der Waals surface area contributed by atoms with E-state index in [1.165, 1.54) is 42.0 Å². The van der Waals surface area contributed by atoms with Crippen LogP contribution in [0.15, 0.2) is 144 Å². The highest BCUT2D eigenvalue weighted by Gasteiger charge is 2.20. The molecule has 0 atom stereocenters. The van der Waals surface area contributed by atoms with Gasteiger partial charge in [0.1, 0.15) is 16.8 Å². The predicted molar refractivity (Wildman–Crippen MR) is 187 cm³/mol. The van der Waals surface area contributed by atoms with Crippen molar-refractivity contribution in [2.45, 2.75) is 0 Å². The summed E-state index contributed by atoms with van der Waals surface area (Å²) in [5.41, 5.74) is 8.51. The summed E-state index contributed by atoms with van der Waals surface area (Å²) in [4.78, 5) is 10.3. The van der Waals surface area contributed by atoms with E-state index in [1.807, 2.05) is 47.7 Å². The lowest BCUT2D eigenvalue weighted by Gasteiger charge is -2.11. The van der Waals surface area contributed by atoms with Crippen LogP contribution in [-0.2, 0) is 0 Å². The van der Waals surface area contributed by atoms with Crippen LogP contribution in [-0.4, -0.2) is 14.5 Å². The summed E-state index contributed by atoms with van der Waals surface area (Å²) in [6.45, 7) is 0. The molecule has 0 unspecified atom stereocenters. The Morgan fingerprint density at radius 3 is 2.22 bits per heavy atom. The molecule has 10 rings (SSSR count). The molecular formula is C40H23N3OS. The highest BCUT2D eigenvalue weighted by atomic mass is 32.1. The Hall–Kier alpha value is -5.78. The van der Waals surface area contributed by atoms with Crippen molar-refractivity contribution < 1.29 is 4.42 Å². The van der Waals surface area contributed by atoms with Gasteiger partial charge in [0.05, 0.1) is 11.0 Å². The third kappa shape index (κ3) is 3.59. The maximum Gasteiger partial charge on any atom is 0.180 e. The topological polar surface area (TPSA) is 43.9 Å². The number of rotatable bonds is 3. The number of hydrogen-bond acceptors (Lipinski definition) is 4. The molecule has 0 spiro atoms. The van der Waals surface area contributed by atoms with Crippen molar-refractivity contribution in [3.63, 3.8) is 0 Å². The molecule has 4 nitrogen and oxygen atoms in total. The molecule has 0 radical (unpaired) electrons. The molecule has 0 amide bonds. The Labute approximate surface area is 261 Å². The lowest BCUT2D eigenvalue weighted by Crippen LogP contribution is -1.97. The van der Waals surface area contributed by atoms with Crippen LogP contribution in [0.1, 0.15) is 0 Å². The summed E-state index contributed by atoms with van der Waals surface area (Å²) in [5.74, 6) is 0.669. The van der Waals surface area contributed by atoms with Crippen molar-refractivity contribution in [1.82, 2.24) is 14.5 Å². The number of hydrogen-bond donors (Lipinski definition) is 0. The molecule has 0 fully saturated rings. The Morgan fingerprint density at radius 2 is 1.31 bits per heavy atom. The molecule has 0 aliphatic carbocycles. The normalized spacial score (nSPS) is 12.0. The fourth-order valence-electron chi connectivity index (χ4n) is 6.81. The summed E-state index contributed by atoms with van der Waals surface area (Å²) in [5, 5.41) is 6.15. The van der Waals surface area contributed by atoms with E-state index in [-0.39, 0.29) is 0 Å². The van der Waals surface area contributed by atoms with Crippen molar-refractivity contribution in [2.75, 3.05) is 0 Å². The smallest absolute Gasteiger partial charge is 0.180 e. The Bertz CT molecular complexity index is 2770. The highest BCUT2D eigenvalue weighted by molar-refractivity contribution is 7.26. The van der Waals surface area contributed by atoms with E-state index < -0.39 is 0 Å². The summed E-state index contributed by atoms with van der Waals surface area (Å²) in [7, 11) is 0. The maximum absolute atomic E-state index is 6.34. The second kappa shape index (κ2) is 9.36. The van der Waals surface area contributed by atoms with E-state index in [0.717, 1.165) is 39.0 Å². The van der Waals surface area contributed by atoms with Gasteiger partial charge in [0.2, 0.25) is 0 Å². The van der Waals surface area contributed by atoms with Gasteiger partial charge in [-0.05, 0) is 42.5 Å². The molecule has 0 N–H and O–H groups in total. The third-order valence-corrected chi connectivity index (χ3v) is 10.0. The van der Waals surface area contributed by atoms with Crippen molar-refractivity contribution in [2.24, 2.45) is 0 Å². The van der Waals surface area contributed by atoms with Gasteiger partial charge in [-0.25, -0.2) is 9.97 Å². The van der Waals surface area contributed by atoms with Gasteiger partial charge in [-0.2, -0.15) is 0 Å². The quantitative estimate of drug-likeness (QED) is 0.205. The van der Waals surface area contributed by atoms with Gasteiger partial charge in [-0.3, -0.25) is 0 Å². The van der Waals surface area contributed by atoms with Gasteiger partial charge in [-0.1, -0.05) is 97.1 Å². The van der Waals surface area contributed by atoms with E-state index in [2.05, 4.69) is 108 Å². The molecule has 5 heteroatoms. The molecule has 0 bridgehead atoms. The number of nitrogens with zero attached hydrogens (tertiary/aromatic N) is 3. The zero-order valence-electron chi connectivity index (χ0n) is 23.9. The fraction of sp³-hybridized carbons (Fsp3) is 0. The first kappa shape index (κ1) is 24.6. The zero-order chi connectivity index (χ0) is 29.5. The van der Waals surface area contributed by atoms with Gasteiger partial charge < -0.3 is 8.98 Å². The first-order valence-corrected chi connectivity index (χ1v) is 15.8. The van der Waals surface area contributed by atoms with Crippen LogP contribution in [0.25, 0.3) is 92.4 Å². The number of aromatic nitrogens is 3. The fourth-order valence-corrected chi connectivity index (χ4v) is 8.07. The van der Waals surface area contributed by atoms with Gasteiger partial charge in [0.25, 0.3) is 0 Å². The van der Waals surface area contributed by atoms with E-state index >= 15 is 0 Å². The largest absolute Gasteiger partial charge is 0.452 e. The molecule has 0 aliphatic heterocycles. The molecule has 6 aromatic carbocycles. The number of furan rings is 1. The SMILES string of the molecule is c1ccc(-c2nc(-c3cccc(-n4c5ccccc5c5c6sc7ccccc7c6ccc54)c3)nc3c2oc2ccccc23)cc1. The van der Waals surface area contributed by atoms with Crippen molar-refractivity contribution in [1.29, 1.82) is 0 Å². The Balaban J connectivity index is 1.23. The molecule has 0 saturated heterocycles. The van der Waals surface area contributed by atoms with E-state index in [4.69, 9.17) is 14.4 Å². The molecule has 0 aliphatic rings. The van der Waals surface area contributed by atoms with Crippen LogP contribution in [0.5, 0.6) is 0 Å². The van der Waals surface area contributed by atoms with E-state index in [1.54, 1.807) is 0 Å². The van der Waals surface area contributed by atoms with Crippen LogP contribution in [0.3, 0.4) is 0 Å². The second-order valence-corrected chi connectivity index (χ2v) is 12.4. The van der Waals surface area contributed by atoms with Gasteiger partial charge in [-0.15, -0.1) is 11.3 Å². The first-order valence-electron chi connectivity index (χ1n) is 15.0. The average molecular weight is 594 g/mol. The minimum atomic E-state index is 0.669. The molecule has 210 valence electrons. The van der Waals surface area contributed by atoms with Crippen LogP contribution < -0.4 is 0 Å². The highest BCUT2D eigenvalue weighted by Crippen LogP contribution is 2.43. The van der Waals surface area contributed by atoms with Crippen LogP contribution in [0.2, 0.25) is 0 Å². The van der Waals surface area contributed by atoms with Crippen LogP contribution in [0, 0.1) is 0 Å². The first-order chi connectivity index (χ1) is 22.3. The third-order valence-electron chi connectivity index (χ3n) is 8.81. The van der Waals surface area contributed by atoms with E-state index in [9.17, 15) is 0 Å². The number of benzene rings is 6.